The molecular weight excluding hydrogens is 284 g/mol. The highest BCUT2D eigenvalue weighted by molar-refractivity contribution is 7.85. The Bertz CT molecular complexity index is 803. The van der Waals surface area contributed by atoms with Crippen LogP contribution in [0.15, 0.2) is 23.1 Å². The standard InChI is InChI=1S/C17H22O3S/c1-6-13-16(21(18,19)20)9-15-12(5)11(4)7-8-14(15)17(13)10(2)3/h7-10H,6H2,1-5H3,(H,18,19,20). The highest BCUT2D eigenvalue weighted by atomic mass is 32.2. The molecule has 2 aromatic rings. The molecule has 2 rings (SSSR count). The van der Waals surface area contributed by atoms with Gasteiger partial charge in [0.1, 0.15) is 0 Å². The van der Waals surface area contributed by atoms with E-state index < -0.39 is 10.1 Å². The van der Waals surface area contributed by atoms with Crippen LogP contribution in [-0.2, 0) is 16.5 Å². The summed E-state index contributed by atoms with van der Waals surface area (Å²) in [6.45, 7) is 10.0. The molecule has 0 heterocycles. The summed E-state index contributed by atoms with van der Waals surface area (Å²) in [5.41, 5.74) is 3.92. The van der Waals surface area contributed by atoms with Crippen molar-refractivity contribution in [2.75, 3.05) is 0 Å². The van der Waals surface area contributed by atoms with Crippen molar-refractivity contribution >= 4 is 20.9 Å². The largest absolute Gasteiger partial charge is 0.294 e. The number of hydrogen-bond acceptors (Lipinski definition) is 2. The first-order chi connectivity index (χ1) is 9.68. The molecule has 2 aromatic carbocycles. The normalized spacial score (nSPS) is 12.3. The van der Waals surface area contributed by atoms with Gasteiger partial charge in [0.25, 0.3) is 10.1 Å². The Morgan fingerprint density at radius 3 is 2.24 bits per heavy atom. The summed E-state index contributed by atoms with van der Waals surface area (Å²) in [6.07, 6.45) is 0.575. The smallest absolute Gasteiger partial charge is 0.282 e. The molecule has 114 valence electrons. The molecule has 0 atom stereocenters. The van der Waals surface area contributed by atoms with Crippen LogP contribution in [0.5, 0.6) is 0 Å². The number of rotatable bonds is 3. The zero-order valence-electron chi connectivity index (χ0n) is 13.2. The van der Waals surface area contributed by atoms with Gasteiger partial charge in [0, 0.05) is 0 Å². The SMILES string of the molecule is CCc1c(S(=O)(=O)O)cc2c(C)c(C)ccc2c1C(C)C. The van der Waals surface area contributed by atoms with Crippen LogP contribution in [0.4, 0.5) is 0 Å². The predicted molar refractivity (Wildman–Crippen MR) is 86.7 cm³/mol. The average Bonchev–Trinajstić information content (AvgIpc) is 2.39. The van der Waals surface area contributed by atoms with E-state index in [1.807, 2.05) is 20.8 Å². The van der Waals surface area contributed by atoms with Gasteiger partial charge in [-0.25, -0.2) is 0 Å². The topological polar surface area (TPSA) is 54.4 Å². The zero-order valence-corrected chi connectivity index (χ0v) is 14.0. The maximum absolute atomic E-state index is 11.8. The lowest BCUT2D eigenvalue weighted by atomic mass is 9.87. The second-order valence-electron chi connectivity index (χ2n) is 5.85. The molecule has 0 fully saturated rings. The van der Waals surface area contributed by atoms with Gasteiger partial charge in [-0.2, -0.15) is 8.42 Å². The lowest BCUT2D eigenvalue weighted by molar-refractivity contribution is 0.482. The summed E-state index contributed by atoms with van der Waals surface area (Å²) in [4.78, 5) is 0.0508. The fourth-order valence-electron chi connectivity index (χ4n) is 3.03. The Balaban J connectivity index is 3.10. The van der Waals surface area contributed by atoms with Crippen molar-refractivity contribution < 1.29 is 13.0 Å². The van der Waals surface area contributed by atoms with Crippen LogP contribution < -0.4 is 0 Å². The number of fused-ring (bicyclic) bond motifs is 1. The molecule has 0 aliphatic carbocycles. The molecule has 0 bridgehead atoms. The van der Waals surface area contributed by atoms with Gasteiger partial charge in [0.15, 0.2) is 0 Å². The van der Waals surface area contributed by atoms with Gasteiger partial charge in [-0.15, -0.1) is 0 Å². The lowest BCUT2D eigenvalue weighted by Gasteiger charge is -2.20. The lowest BCUT2D eigenvalue weighted by Crippen LogP contribution is -2.08. The summed E-state index contributed by atoms with van der Waals surface area (Å²) in [5, 5.41) is 1.99. The van der Waals surface area contributed by atoms with Gasteiger partial charge in [-0.1, -0.05) is 32.9 Å². The van der Waals surface area contributed by atoms with E-state index in [-0.39, 0.29) is 10.8 Å². The highest BCUT2D eigenvalue weighted by Crippen LogP contribution is 2.36. The molecule has 0 radical (unpaired) electrons. The molecule has 0 saturated heterocycles. The number of benzene rings is 2. The van der Waals surface area contributed by atoms with E-state index in [9.17, 15) is 13.0 Å². The minimum Gasteiger partial charge on any atom is -0.282 e. The van der Waals surface area contributed by atoms with Crippen molar-refractivity contribution in [3.63, 3.8) is 0 Å². The Kier molecular flexibility index (Phi) is 4.13. The van der Waals surface area contributed by atoms with Crippen LogP contribution in [0, 0.1) is 13.8 Å². The number of hydrogen-bond donors (Lipinski definition) is 1. The van der Waals surface area contributed by atoms with Crippen molar-refractivity contribution in [3.05, 3.63) is 40.5 Å². The molecule has 0 amide bonds. The quantitative estimate of drug-likeness (QED) is 0.856. The van der Waals surface area contributed by atoms with Gasteiger partial charge in [0.2, 0.25) is 0 Å². The summed E-state index contributed by atoms with van der Waals surface area (Å²) in [5.74, 6) is 0.186. The first-order valence-electron chi connectivity index (χ1n) is 7.21. The van der Waals surface area contributed by atoms with Crippen molar-refractivity contribution in [2.45, 2.75) is 51.9 Å². The monoisotopic (exact) mass is 306 g/mol. The van der Waals surface area contributed by atoms with Gasteiger partial charge < -0.3 is 0 Å². The number of aryl methyl sites for hydroxylation is 2. The van der Waals surface area contributed by atoms with Crippen molar-refractivity contribution in [3.8, 4) is 0 Å². The molecule has 0 unspecified atom stereocenters. The molecule has 3 nitrogen and oxygen atoms in total. The Hall–Kier alpha value is -1.39. The third-order valence-electron chi connectivity index (χ3n) is 4.18. The van der Waals surface area contributed by atoms with Crippen LogP contribution in [0.1, 0.15) is 48.9 Å². The van der Waals surface area contributed by atoms with E-state index in [0.29, 0.717) is 6.42 Å². The van der Waals surface area contributed by atoms with Crippen LogP contribution in [0.3, 0.4) is 0 Å². The minimum atomic E-state index is -4.22. The third kappa shape index (κ3) is 2.70. The molecule has 0 aliphatic heterocycles. The third-order valence-corrected chi connectivity index (χ3v) is 5.10. The van der Waals surface area contributed by atoms with E-state index in [1.54, 1.807) is 6.07 Å². The maximum atomic E-state index is 11.8. The van der Waals surface area contributed by atoms with Crippen LogP contribution in [0.2, 0.25) is 0 Å². The molecule has 0 saturated carbocycles. The molecular formula is C17H22O3S. The molecule has 4 heteroatoms. The Labute approximate surface area is 126 Å². The van der Waals surface area contributed by atoms with Gasteiger partial charge >= 0.3 is 0 Å². The maximum Gasteiger partial charge on any atom is 0.294 e. The summed E-state index contributed by atoms with van der Waals surface area (Å²) >= 11 is 0. The van der Waals surface area contributed by atoms with E-state index in [0.717, 1.165) is 33.0 Å². The predicted octanol–water partition coefficient (Wildman–Crippen LogP) is 4.39. The molecule has 1 N–H and O–H groups in total. The molecule has 0 aromatic heterocycles. The molecule has 0 spiro atoms. The summed E-state index contributed by atoms with van der Waals surface area (Å²) in [6, 6.07) is 5.74. The van der Waals surface area contributed by atoms with E-state index in [1.165, 1.54) is 0 Å². The second kappa shape index (κ2) is 5.43. The van der Waals surface area contributed by atoms with Gasteiger partial charge in [-0.3, -0.25) is 4.55 Å². The van der Waals surface area contributed by atoms with Crippen molar-refractivity contribution in [1.29, 1.82) is 0 Å². The summed E-state index contributed by atoms with van der Waals surface area (Å²) < 4.78 is 33.2. The fraction of sp³-hybridized carbons (Fsp3) is 0.412. The van der Waals surface area contributed by atoms with Crippen LogP contribution >= 0.6 is 0 Å². The zero-order chi connectivity index (χ0) is 15.9. The fourth-order valence-corrected chi connectivity index (χ4v) is 3.86. The van der Waals surface area contributed by atoms with E-state index >= 15 is 0 Å². The Morgan fingerprint density at radius 2 is 1.76 bits per heavy atom. The minimum absolute atomic E-state index is 0.0508. The van der Waals surface area contributed by atoms with Crippen LogP contribution in [0.25, 0.3) is 10.8 Å². The van der Waals surface area contributed by atoms with Gasteiger partial charge in [-0.05, 0) is 65.3 Å². The van der Waals surface area contributed by atoms with Gasteiger partial charge in [0.05, 0.1) is 4.90 Å². The first kappa shape index (κ1) is 16.0. The van der Waals surface area contributed by atoms with Crippen molar-refractivity contribution in [2.24, 2.45) is 0 Å². The second-order valence-corrected chi connectivity index (χ2v) is 7.24. The highest BCUT2D eigenvalue weighted by Gasteiger charge is 2.22. The summed E-state index contributed by atoms with van der Waals surface area (Å²) in [7, 11) is -4.22. The molecule has 0 aliphatic rings. The van der Waals surface area contributed by atoms with E-state index in [4.69, 9.17) is 0 Å². The average molecular weight is 306 g/mol. The first-order valence-corrected chi connectivity index (χ1v) is 8.65. The van der Waals surface area contributed by atoms with E-state index in [2.05, 4.69) is 26.0 Å². The van der Waals surface area contributed by atoms with Crippen LogP contribution in [-0.4, -0.2) is 13.0 Å². The molecule has 21 heavy (non-hydrogen) atoms. The Morgan fingerprint density at radius 1 is 1.14 bits per heavy atom. The van der Waals surface area contributed by atoms with Crippen molar-refractivity contribution in [1.82, 2.24) is 0 Å².